The molecule has 0 aliphatic carbocycles. The molecule has 6 nitrogen and oxygen atoms in total. The van der Waals surface area contributed by atoms with Crippen LogP contribution >= 0.6 is 0 Å². The van der Waals surface area contributed by atoms with Gasteiger partial charge in [-0.1, -0.05) is 37.3 Å². The van der Waals surface area contributed by atoms with Crippen molar-refractivity contribution in [3.8, 4) is 0 Å². The van der Waals surface area contributed by atoms with Gasteiger partial charge in [0.25, 0.3) is 0 Å². The smallest absolute Gasteiger partial charge is 0.224 e. The maximum Gasteiger partial charge on any atom is 0.224 e. The van der Waals surface area contributed by atoms with Crippen molar-refractivity contribution in [3.63, 3.8) is 0 Å². The molecule has 7 heteroatoms. The number of carbonyl (C=O) groups excluding carboxylic acids is 1. The van der Waals surface area contributed by atoms with Crippen LogP contribution in [0, 0.1) is 5.92 Å². The van der Waals surface area contributed by atoms with Gasteiger partial charge in [0.05, 0.1) is 5.75 Å². The third-order valence-corrected chi connectivity index (χ3v) is 6.44. The molecule has 1 heterocycles. The van der Waals surface area contributed by atoms with E-state index in [1.165, 1.54) is 4.31 Å². The maximum absolute atomic E-state index is 12.5. The normalized spacial score (nSPS) is 19.6. The summed E-state index contributed by atoms with van der Waals surface area (Å²) in [6.45, 7) is 4.49. The highest BCUT2D eigenvalue weighted by Crippen LogP contribution is 2.18. The van der Waals surface area contributed by atoms with E-state index in [1.54, 1.807) is 6.92 Å². The van der Waals surface area contributed by atoms with E-state index < -0.39 is 10.0 Å². The minimum Gasteiger partial charge on any atom is -0.353 e. The average molecular weight is 353 g/mol. The minimum atomic E-state index is -3.32. The van der Waals surface area contributed by atoms with Crippen molar-refractivity contribution < 1.29 is 13.2 Å². The molecule has 0 bridgehead atoms. The topological polar surface area (TPSA) is 92.5 Å². The molecular weight excluding hydrogens is 326 g/mol. The second-order valence-electron chi connectivity index (χ2n) is 6.57. The van der Waals surface area contributed by atoms with Crippen molar-refractivity contribution in [3.05, 3.63) is 35.9 Å². The van der Waals surface area contributed by atoms with E-state index in [-0.39, 0.29) is 29.7 Å². The Morgan fingerprint density at radius 2 is 1.83 bits per heavy atom. The molecule has 1 aromatic carbocycles. The molecule has 1 saturated heterocycles. The van der Waals surface area contributed by atoms with Gasteiger partial charge in [0, 0.05) is 31.1 Å². The lowest BCUT2D eigenvalue weighted by molar-refractivity contribution is -0.125. The minimum absolute atomic E-state index is 0.0156. The van der Waals surface area contributed by atoms with Crippen LogP contribution in [0.3, 0.4) is 0 Å². The third kappa shape index (κ3) is 5.03. The highest BCUT2D eigenvalue weighted by molar-refractivity contribution is 7.88. The first-order chi connectivity index (χ1) is 11.3. The van der Waals surface area contributed by atoms with Gasteiger partial charge in [-0.15, -0.1) is 0 Å². The number of hydrogen-bond donors (Lipinski definition) is 2. The highest BCUT2D eigenvalue weighted by atomic mass is 32.2. The van der Waals surface area contributed by atoms with E-state index >= 15 is 0 Å². The second-order valence-corrected chi connectivity index (χ2v) is 8.54. The predicted octanol–water partition coefficient (Wildman–Crippen LogP) is 1.08. The van der Waals surface area contributed by atoms with Gasteiger partial charge >= 0.3 is 0 Å². The summed E-state index contributed by atoms with van der Waals surface area (Å²) in [4.78, 5) is 12.0. The highest BCUT2D eigenvalue weighted by Gasteiger charge is 2.29. The molecule has 0 aromatic heterocycles. The predicted molar refractivity (Wildman–Crippen MR) is 94.6 cm³/mol. The summed E-state index contributed by atoms with van der Waals surface area (Å²) in [5.41, 5.74) is 6.54. The van der Waals surface area contributed by atoms with Crippen molar-refractivity contribution in [1.82, 2.24) is 9.62 Å². The van der Waals surface area contributed by atoms with Crippen molar-refractivity contribution in [2.45, 2.75) is 44.5 Å². The van der Waals surface area contributed by atoms with E-state index in [0.29, 0.717) is 25.9 Å². The van der Waals surface area contributed by atoms with Gasteiger partial charge in [-0.05, 0) is 25.3 Å². The molecule has 1 aliphatic heterocycles. The Labute approximate surface area is 144 Å². The van der Waals surface area contributed by atoms with Crippen molar-refractivity contribution in [2.24, 2.45) is 11.7 Å². The first kappa shape index (κ1) is 18.9. The second kappa shape index (κ2) is 8.09. The fourth-order valence-electron chi connectivity index (χ4n) is 2.73. The van der Waals surface area contributed by atoms with Gasteiger partial charge in [-0.25, -0.2) is 12.7 Å². The quantitative estimate of drug-likeness (QED) is 0.800. The number of benzene rings is 1. The van der Waals surface area contributed by atoms with E-state index in [9.17, 15) is 13.2 Å². The van der Waals surface area contributed by atoms with Crippen LogP contribution in [-0.4, -0.2) is 43.8 Å². The Morgan fingerprint density at radius 3 is 2.38 bits per heavy atom. The maximum atomic E-state index is 12.5. The van der Waals surface area contributed by atoms with Gasteiger partial charge in [0.1, 0.15) is 0 Å². The van der Waals surface area contributed by atoms with E-state index in [2.05, 4.69) is 5.32 Å². The monoisotopic (exact) mass is 353 g/mol. The summed E-state index contributed by atoms with van der Waals surface area (Å²) in [6, 6.07) is 9.00. The third-order valence-electron chi connectivity index (χ3n) is 4.59. The summed E-state index contributed by atoms with van der Waals surface area (Å²) in [6.07, 6.45) is 1.26. The lowest BCUT2D eigenvalue weighted by Gasteiger charge is -2.32. The summed E-state index contributed by atoms with van der Waals surface area (Å²) in [5, 5.41) is 2.98. The Hall–Kier alpha value is -1.44. The largest absolute Gasteiger partial charge is 0.353 e. The number of sulfonamides is 1. The number of nitrogens with one attached hydrogen (secondary N) is 1. The molecule has 3 N–H and O–H groups in total. The van der Waals surface area contributed by atoms with Crippen LogP contribution in [0.4, 0.5) is 0 Å². The number of amides is 1. The molecule has 0 saturated carbocycles. The summed E-state index contributed by atoms with van der Waals surface area (Å²) in [5.74, 6) is -0.285. The van der Waals surface area contributed by atoms with E-state index in [4.69, 9.17) is 5.73 Å². The van der Waals surface area contributed by atoms with Crippen molar-refractivity contribution in [1.29, 1.82) is 0 Å². The zero-order valence-electron chi connectivity index (χ0n) is 14.3. The van der Waals surface area contributed by atoms with Gasteiger partial charge < -0.3 is 11.1 Å². The van der Waals surface area contributed by atoms with Gasteiger partial charge in [0.15, 0.2) is 0 Å². The molecule has 2 rings (SSSR count). The van der Waals surface area contributed by atoms with Crippen LogP contribution in [0.5, 0.6) is 0 Å². The van der Waals surface area contributed by atoms with Gasteiger partial charge in [0.2, 0.25) is 15.9 Å². The average Bonchev–Trinajstić information content (AvgIpc) is 2.55. The summed E-state index contributed by atoms with van der Waals surface area (Å²) >= 11 is 0. The molecule has 2 unspecified atom stereocenters. The Balaban J connectivity index is 1.87. The lowest BCUT2D eigenvalue weighted by atomic mass is 10.0. The Morgan fingerprint density at radius 1 is 1.25 bits per heavy atom. The van der Waals surface area contributed by atoms with Crippen LogP contribution in [-0.2, 0) is 20.6 Å². The Bertz CT molecular complexity index is 638. The van der Waals surface area contributed by atoms with Crippen LogP contribution in [0.1, 0.15) is 32.3 Å². The number of piperidine rings is 1. The molecular formula is C17H27N3O3S. The molecule has 2 atom stereocenters. The van der Waals surface area contributed by atoms with Crippen LogP contribution in [0.2, 0.25) is 0 Å². The number of rotatable bonds is 6. The number of nitrogens with two attached hydrogens (primary N) is 1. The summed E-state index contributed by atoms with van der Waals surface area (Å²) < 4.78 is 26.5. The first-order valence-corrected chi connectivity index (χ1v) is 9.98. The fraction of sp³-hybridized carbons (Fsp3) is 0.588. The standard InChI is InChI=1S/C17H27N3O3S/c1-13(14(2)18)17(21)19-16-8-10-20(11-9-16)24(22,23)12-15-6-4-3-5-7-15/h3-7,13-14,16H,8-12,18H2,1-2H3,(H,19,21). The van der Waals surface area contributed by atoms with Gasteiger partial charge in [-0.2, -0.15) is 0 Å². The number of hydrogen-bond acceptors (Lipinski definition) is 4. The molecule has 1 fully saturated rings. The van der Waals surface area contributed by atoms with Crippen molar-refractivity contribution >= 4 is 15.9 Å². The molecule has 1 aliphatic rings. The summed E-state index contributed by atoms with van der Waals surface area (Å²) in [7, 11) is -3.32. The van der Waals surface area contributed by atoms with Crippen LogP contribution < -0.4 is 11.1 Å². The zero-order chi connectivity index (χ0) is 17.7. The fourth-order valence-corrected chi connectivity index (χ4v) is 4.29. The number of carbonyl (C=O) groups is 1. The first-order valence-electron chi connectivity index (χ1n) is 8.37. The molecule has 1 amide bonds. The van der Waals surface area contributed by atoms with E-state index in [0.717, 1.165) is 5.56 Å². The molecule has 1 aromatic rings. The molecule has 0 radical (unpaired) electrons. The van der Waals surface area contributed by atoms with E-state index in [1.807, 2.05) is 37.3 Å². The SMILES string of the molecule is CC(N)C(C)C(=O)NC1CCN(S(=O)(=O)Cc2ccccc2)CC1. The Kier molecular flexibility index (Phi) is 6.37. The molecule has 0 spiro atoms. The molecule has 134 valence electrons. The molecule has 24 heavy (non-hydrogen) atoms. The number of nitrogens with zero attached hydrogens (tertiary/aromatic N) is 1. The lowest BCUT2D eigenvalue weighted by Crippen LogP contribution is -2.49. The van der Waals surface area contributed by atoms with Crippen LogP contribution in [0.25, 0.3) is 0 Å². The zero-order valence-corrected chi connectivity index (χ0v) is 15.1. The van der Waals surface area contributed by atoms with Crippen molar-refractivity contribution in [2.75, 3.05) is 13.1 Å². The van der Waals surface area contributed by atoms with Crippen LogP contribution in [0.15, 0.2) is 30.3 Å². The van der Waals surface area contributed by atoms with Gasteiger partial charge in [-0.3, -0.25) is 4.79 Å².